The van der Waals surface area contributed by atoms with Gasteiger partial charge in [-0.3, -0.25) is 0 Å². The van der Waals surface area contributed by atoms with Crippen molar-refractivity contribution in [3.05, 3.63) is 17.7 Å². The van der Waals surface area contributed by atoms with E-state index >= 15 is 0 Å². The van der Waals surface area contributed by atoms with Gasteiger partial charge < -0.3 is 4.98 Å². The highest BCUT2D eigenvalue weighted by molar-refractivity contribution is 5.32. The Morgan fingerprint density at radius 2 is 2.64 bits per heavy atom. The summed E-state index contributed by atoms with van der Waals surface area (Å²) in [5.41, 5.74) is 2.00. The van der Waals surface area contributed by atoms with Crippen LogP contribution in [-0.4, -0.2) is 22.6 Å². The Balaban J connectivity index is 2.50. The summed E-state index contributed by atoms with van der Waals surface area (Å²) in [6.45, 7) is 2.40. The number of rotatable bonds is 3. The van der Waals surface area contributed by atoms with Gasteiger partial charge in [-0.2, -0.15) is 0 Å². The van der Waals surface area contributed by atoms with Crippen LogP contribution in [0.2, 0.25) is 0 Å². The standard InChI is InChI=1S/C7H9N3O/c1-6-7(10-4-9-6)2-3-8-5-11/h4H,2-3H2,1H3,(H,9,10). The second-order valence-corrected chi connectivity index (χ2v) is 2.20. The number of aryl methyl sites for hydroxylation is 1. The van der Waals surface area contributed by atoms with Crippen molar-refractivity contribution >= 4 is 6.08 Å². The quantitative estimate of drug-likeness (QED) is 0.508. The Morgan fingerprint density at radius 3 is 3.18 bits per heavy atom. The van der Waals surface area contributed by atoms with Crippen molar-refractivity contribution < 1.29 is 4.79 Å². The normalized spacial score (nSPS) is 9.18. The van der Waals surface area contributed by atoms with Crippen LogP contribution >= 0.6 is 0 Å². The van der Waals surface area contributed by atoms with Crippen LogP contribution in [0.15, 0.2) is 11.3 Å². The number of carbonyl (C=O) groups excluding carboxylic acids is 1. The van der Waals surface area contributed by atoms with Crippen molar-refractivity contribution in [2.24, 2.45) is 4.99 Å². The fourth-order valence-corrected chi connectivity index (χ4v) is 0.847. The van der Waals surface area contributed by atoms with Crippen LogP contribution in [-0.2, 0) is 11.2 Å². The highest BCUT2D eigenvalue weighted by Gasteiger charge is 1.98. The number of isocyanates is 1. The van der Waals surface area contributed by atoms with Gasteiger partial charge in [0, 0.05) is 12.1 Å². The lowest BCUT2D eigenvalue weighted by molar-refractivity contribution is 0.563. The molecule has 4 heteroatoms. The van der Waals surface area contributed by atoms with Crippen molar-refractivity contribution in [3.63, 3.8) is 0 Å². The number of nitrogens with one attached hydrogen (secondary N) is 1. The maximum Gasteiger partial charge on any atom is 0.234 e. The molecule has 1 rings (SSSR count). The molecule has 0 fully saturated rings. The Bertz CT molecular complexity index is 273. The Labute approximate surface area is 64.4 Å². The fourth-order valence-electron chi connectivity index (χ4n) is 0.847. The lowest BCUT2D eigenvalue weighted by Crippen LogP contribution is -1.91. The highest BCUT2D eigenvalue weighted by atomic mass is 16.1. The zero-order chi connectivity index (χ0) is 8.10. The van der Waals surface area contributed by atoms with Crippen molar-refractivity contribution in [1.82, 2.24) is 9.97 Å². The first-order chi connectivity index (χ1) is 5.34. The molecular weight excluding hydrogens is 142 g/mol. The summed E-state index contributed by atoms with van der Waals surface area (Å²) >= 11 is 0. The van der Waals surface area contributed by atoms with Crippen LogP contribution in [0.3, 0.4) is 0 Å². The van der Waals surface area contributed by atoms with Gasteiger partial charge in [-0.15, -0.1) is 0 Å². The molecule has 0 aromatic carbocycles. The Hall–Kier alpha value is -1.41. The number of H-pyrrole nitrogens is 1. The zero-order valence-electron chi connectivity index (χ0n) is 6.29. The first-order valence-corrected chi connectivity index (χ1v) is 3.37. The molecule has 0 aliphatic carbocycles. The third-order valence-corrected chi connectivity index (χ3v) is 1.46. The van der Waals surface area contributed by atoms with Crippen LogP contribution < -0.4 is 0 Å². The number of hydrogen-bond donors (Lipinski definition) is 1. The van der Waals surface area contributed by atoms with Gasteiger partial charge in [0.05, 0.1) is 18.6 Å². The SMILES string of the molecule is Cc1[nH]cnc1CCN=C=O. The first kappa shape index (κ1) is 7.69. The third kappa shape index (κ3) is 2.02. The van der Waals surface area contributed by atoms with E-state index in [-0.39, 0.29) is 0 Å². The Morgan fingerprint density at radius 1 is 1.82 bits per heavy atom. The highest BCUT2D eigenvalue weighted by Crippen LogP contribution is 2.00. The minimum Gasteiger partial charge on any atom is -0.348 e. The lowest BCUT2D eigenvalue weighted by Gasteiger charge is -1.91. The molecule has 4 nitrogen and oxygen atoms in total. The summed E-state index contributed by atoms with van der Waals surface area (Å²) in [5.74, 6) is 0. The first-order valence-electron chi connectivity index (χ1n) is 3.37. The molecule has 1 heterocycles. The molecule has 0 saturated carbocycles. The zero-order valence-corrected chi connectivity index (χ0v) is 6.29. The topological polar surface area (TPSA) is 58.1 Å². The van der Waals surface area contributed by atoms with E-state index in [1.165, 1.54) is 6.08 Å². The molecule has 0 bridgehead atoms. The maximum absolute atomic E-state index is 9.70. The molecule has 1 N–H and O–H groups in total. The van der Waals surface area contributed by atoms with E-state index in [1.54, 1.807) is 6.33 Å². The molecule has 11 heavy (non-hydrogen) atoms. The third-order valence-electron chi connectivity index (χ3n) is 1.46. The molecular formula is C7H9N3O. The summed E-state index contributed by atoms with van der Waals surface area (Å²) in [5, 5.41) is 0. The van der Waals surface area contributed by atoms with E-state index in [4.69, 9.17) is 0 Å². The van der Waals surface area contributed by atoms with E-state index in [0.29, 0.717) is 13.0 Å². The van der Waals surface area contributed by atoms with Crippen molar-refractivity contribution in [2.75, 3.05) is 6.54 Å². The van der Waals surface area contributed by atoms with Gasteiger partial charge in [0.15, 0.2) is 0 Å². The average Bonchev–Trinajstić information content (AvgIpc) is 2.37. The van der Waals surface area contributed by atoms with Gasteiger partial charge in [-0.05, 0) is 6.92 Å². The lowest BCUT2D eigenvalue weighted by atomic mass is 10.3. The van der Waals surface area contributed by atoms with Crippen LogP contribution in [0, 0.1) is 6.92 Å². The van der Waals surface area contributed by atoms with Gasteiger partial charge in [-0.25, -0.2) is 14.8 Å². The van der Waals surface area contributed by atoms with E-state index in [2.05, 4.69) is 15.0 Å². The average molecular weight is 151 g/mol. The number of nitrogens with zero attached hydrogens (tertiary/aromatic N) is 2. The van der Waals surface area contributed by atoms with Gasteiger partial charge >= 0.3 is 0 Å². The molecule has 0 unspecified atom stereocenters. The van der Waals surface area contributed by atoms with Crippen molar-refractivity contribution in [1.29, 1.82) is 0 Å². The second kappa shape index (κ2) is 3.68. The molecule has 0 amide bonds. The molecule has 0 spiro atoms. The Kier molecular flexibility index (Phi) is 2.58. The molecule has 0 saturated heterocycles. The number of aromatic amines is 1. The molecule has 0 aliphatic heterocycles. The van der Waals surface area contributed by atoms with Crippen LogP contribution in [0.25, 0.3) is 0 Å². The monoisotopic (exact) mass is 151 g/mol. The summed E-state index contributed by atoms with van der Waals surface area (Å²) in [4.78, 5) is 20.1. The number of aliphatic imine (C=N–C) groups is 1. The molecule has 0 atom stereocenters. The predicted molar refractivity (Wildman–Crippen MR) is 40.0 cm³/mol. The molecule has 0 radical (unpaired) electrons. The summed E-state index contributed by atoms with van der Waals surface area (Å²) < 4.78 is 0. The van der Waals surface area contributed by atoms with E-state index in [9.17, 15) is 4.79 Å². The van der Waals surface area contributed by atoms with Gasteiger partial charge in [0.25, 0.3) is 0 Å². The van der Waals surface area contributed by atoms with Crippen molar-refractivity contribution in [3.8, 4) is 0 Å². The summed E-state index contributed by atoms with van der Waals surface area (Å²) in [6.07, 6.45) is 3.82. The second-order valence-electron chi connectivity index (χ2n) is 2.20. The maximum atomic E-state index is 9.70. The number of hydrogen-bond acceptors (Lipinski definition) is 3. The number of aromatic nitrogens is 2. The van der Waals surface area contributed by atoms with Crippen molar-refractivity contribution in [2.45, 2.75) is 13.3 Å². The van der Waals surface area contributed by atoms with Crippen LogP contribution in [0.5, 0.6) is 0 Å². The number of imidazole rings is 1. The minimum atomic E-state index is 0.467. The summed E-state index contributed by atoms with van der Waals surface area (Å²) in [7, 11) is 0. The minimum absolute atomic E-state index is 0.467. The predicted octanol–water partition coefficient (Wildman–Crippen LogP) is 0.596. The fraction of sp³-hybridized carbons (Fsp3) is 0.429. The van der Waals surface area contributed by atoms with Gasteiger partial charge in [0.1, 0.15) is 0 Å². The van der Waals surface area contributed by atoms with Gasteiger partial charge in [0.2, 0.25) is 6.08 Å². The molecule has 0 aliphatic rings. The van der Waals surface area contributed by atoms with E-state index in [1.807, 2.05) is 6.92 Å². The molecule has 1 aromatic rings. The van der Waals surface area contributed by atoms with E-state index < -0.39 is 0 Å². The van der Waals surface area contributed by atoms with Crippen LogP contribution in [0.4, 0.5) is 0 Å². The molecule has 1 aromatic heterocycles. The summed E-state index contributed by atoms with van der Waals surface area (Å²) in [6, 6.07) is 0. The van der Waals surface area contributed by atoms with Gasteiger partial charge in [-0.1, -0.05) is 0 Å². The smallest absolute Gasteiger partial charge is 0.234 e. The van der Waals surface area contributed by atoms with E-state index in [0.717, 1.165) is 11.4 Å². The van der Waals surface area contributed by atoms with Crippen LogP contribution in [0.1, 0.15) is 11.4 Å². The molecule has 58 valence electrons. The largest absolute Gasteiger partial charge is 0.348 e.